The fourth-order valence-corrected chi connectivity index (χ4v) is 8.94. The fraction of sp³-hybridized carbons (Fsp3) is 0.515. The number of piperazine rings is 1. The van der Waals surface area contributed by atoms with Crippen molar-refractivity contribution in [3.8, 4) is 0 Å². The standard InChI is InChI=1S/C30H39ClFN4O2PS2.C3H8/c1-4-25(34-30(14-15-30)27(5-2)40-23-10-8-6-7-9-11-23)29(38)36-18-16-35(17-19-36)28(37)21-33-41-39(3)26-13-12-22(31)20-24(26)32;1-3-2/h5-10,12-13,20,25,33-34H,4,11,14-19,21H2,1-3H3;3H2,1-2H3/b27-5-;. The zero-order valence-electron chi connectivity index (χ0n) is 26.6. The molecule has 1 saturated heterocycles. The molecule has 44 heavy (non-hydrogen) atoms. The first-order valence-electron chi connectivity index (χ1n) is 15.5. The van der Waals surface area contributed by atoms with E-state index in [0.717, 1.165) is 19.3 Å². The van der Waals surface area contributed by atoms with Gasteiger partial charge in [-0.25, -0.2) is 4.39 Å². The molecule has 2 unspecified atom stereocenters. The summed E-state index contributed by atoms with van der Waals surface area (Å²) in [5.41, 5.74) is -0.134. The Kier molecular flexibility index (Phi) is 15.5. The lowest BCUT2D eigenvalue weighted by atomic mass is 10.1. The first-order chi connectivity index (χ1) is 21.2. The van der Waals surface area contributed by atoms with E-state index in [1.165, 1.54) is 33.9 Å². The molecule has 2 aliphatic carbocycles. The number of allylic oxidation sites excluding steroid dienone is 7. The zero-order chi connectivity index (χ0) is 32.1. The average molecular weight is 681 g/mol. The molecule has 6 nitrogen and oxygen atoms in total. The topological polar surface area (TPSA) is 64.7 Å². The fourth-order valence-electron chi connectivity index (χ4n) is 4.95. The predicted octanol–water partition coefficient (Wildman–Crippen LogP) is 7.39. The Bertz CT molecular complexity index is 1250. The summed E-state index contributed by atoms with van der Waals surface area (Å²) in [6.45, 7) is 12.6. The molecule has 0 aromatic heterocycles. The second-order valence-electron chi connectivity index (χ2n) is 11.0. The van der Waals surface area contributed by atoms with E-state index < -0.39 is 7.12 Å². The van der Waals surface area contributed by atoms with Crippen LogP contribution in [0.3, 0.4) is 0 Å². The number of nitrogens with zero attached hydrogens (tertiary/aromatic N) is 2. The zero-order valence-corrected chi connectivity index (χ0v) is 29.9. The van der Waals surface area contributed by atoms with Gasteiger partial charge in [0.25, 0.3) is 0 Å². The summed E-state index contributed by atoms with van der Waals surface area (Å²) in [6.07, 6.45) is 17.7. The summed E-state index contributed by atoms with van der Waals surface area (Å²) in [7, 11) is -0.875. The monoisotopic (exact) mass is 680 g/mol. The Morgan fingerprint density at radius 1 is 1.11 bits per heavy atom. The molecule has 0 bridgehead atoms. The van der Waals surface area contributed by atoms with Crippen LogP contribution in [0.4, 0.5) is 4.39 Å². The molecule has 2 fully saturated rings. The van der Waals surface area contributed by atoms with E-state index in [2.05, 4.69) is 74.2 Å². The van der Waals surface area contributed by atoms with Gasteiger partial charge >= 0.3 is 0 Å². The molecule has 4 rings (SSSR count). The van der Waals surface area contributed by atoms with Gasteiger partial charge in [-0.05, 0) is 73.9 Å². The van der Waals surface area contributed by atoms with Gasteiger partial charge in [0.2, 0.25) is 11.8 Å². The summed E-state index contributed by atoms with van der Waals surface area (Å²) >= 11 is 9.05. The minimum absolute atomic E-state index is 0.0149. The van der Waals surface area contributed by atoms with Gasteiger partial charge in [-0.1, -0.05) is 87.0 Å². The van der Waals surface area contributed by atoms with Gasteiger partial charge in [-0.15, -0.1) is 0 Å². The molecule has 0 spiro atoms. The summed E-state index contributed by atoms with van der Waals surface area (Å²) in [6, 6.07) is 4.44. The molecule has 0 radical (unpaired) electrons. The summed E-state index contributed by atoms with van der Waals surface area (Å²) in [5.74, 6) is -0.229. The third-order valence-electron chi connectivity index (χ3n) is 7.46. The maximum Gasteiger partial charge on any atom is 0.239 e. The molecule has 11 heteroatoms. The van der Waals surface area contributed by atoms with Gasteiger partial charge in [0, 0.05) is 48.5 Å². The van der Waals surface area contributed by atoms with E-state index in [-0.39, 0.29) is 35.8 Å². The number of thioether (sulfide) groups is 1. The molecule has 2 amide bonds. The predicted molar refractivity (Wildman–Crippen MR) is 190 cm³/mol. The molecule has 1 saturated carbocycles. The van der Waals surface area contributed by atoms with Crippen LogP contribution >= 0.6 is 42.1 Å². The van der Waals surface area contributed by atoms with Crippen LogP contribution < -0.4 is 15.3 Å². The summed E-state index contributed by atoms with van der Waals surface area (Å²) < 4.78 is 17.3. The molecule has 242 valence electrons. The third kappa shape index (κ3) is 10.7. The highest BCUT2D eigenvalue weighted by Crippen LogP contribution is 2.50. The highest BCUT2D eigenvalue weighted by atomic mass is 35.5. The van der Waals surface area contributed by atoms with Gasteiger partial charge < -0.3 is 9.80 Å². The first kappa shape index (κ1) is 36.9. The number of carbonyl (C=O) groups excluding carboxylic acids is 2. The van der Waals surface area contributed by atoms with Crippen molar-refractivity contribution in [1.82, 2.24) is 19.8 Å². The molecule has 1 aliphatic heterocycles. The van der Waals surface area contributed by atoms with Crippen LogP contribution in [0.15, 0.2) is 64.5 Å². The number of amides is 2. The van der Waals surface area contributed by atoms with Gasteiger partial charge in [-0.2, -0.15) is 0 Å². The molecule has 2 N–H and O–H groups in total. The third-order valence-corrected chi connectivity index (χ3v) is 12.5. The molecular weight excluding hydrogens is 634 g/mol. The Labute approximate surface area is 278 Å². The quantitative estimate of drug-likeness (QED) is 0.177. The van der Waals surface area contributed by atoms with Crippen molar-refractivity contribution < 1.29 is 14.0 Å². The van der Waals surface area contributed by atoms with Gasteiger partial charge in [0.1, 0.15) is 5.82 Å². The lowest BCUT2D eigenvalue weighted by molar-refractivity contribution is -0.140. The van der Waals surface area contributed by atoms with E-state index in [1.807, 2.05) is 23.3 Å². The van der Waals surface area contributed by atoms with Crippen molar-refractivity contribution in [2.45, 2.75) is 71.4 Å². The number of rotatable bonds is 12. The Morgan fingerprint density at radius 3 is 2.41 bits per heavy atom. The van der Waals surface area contributed by atoms with Crippen LogP contribution in [0.1, 0.15) is 59.8 Å². The van der Waals surface area contributed by atoms with Crippen LogP contribution in [-0.2, 0) is 9.59 Å². The second kappa shape index (κ2) is 18.5. The summed E-state index contributed by atoms with van der Waals surface area (Å²) in [5, 5.41) is 4.70. The number of nitrogens with one attached hydrogen (secondary N) is 2. The van der Waals surface area contributed by atoms with Crippen LogP contribution in [0.25, 0.3) is 0 Å². The number of carbonyl (C=O) groups is 2. The Hall–Kier alpha value is -1.61. The maximum atomic E-state index is 14.2. The lowest BCUT2D eigenvalue weighted by Gasteiger charge is -2.37. The van der Waals surface area contributed by atoms with Gasteiger partial charge in [-0.3, -0.25) is 19.6 Å². The van der Waals surface area contributed by atoms with E-state index >= 15 is 0 Å². The van der Waals surface area contributed by atoms with Crippen molar-refractivity contribution in [3.63, 3.8) is 0 Å². The molecule has 3 aliphatic rings. The minimum atomic E-state index is -0.875. The van der Waals surface area contributed by atoms with Crippen molar-refractivity contribution in [2.75, 3.05) is 39.4 Å². The number of hydrogen-bond acceptors (Lipinski definition) is 6. The number of halogens is 2. The number of hydrogen-bond donors (Lipinski definition) is 2. The second-order valence-corrected chi connectivity index (χ2v) is 16.8. The van der Waals surface area contributed by atoms with Crippen molar-refractivity contribution in [3.05, 3.63) is 75.3 Å². The average Bonchev–Trinajstić information content (AvgIpc) is 3.83. The van der Waals surface area contributed by atoms with Gasteiger partial charge in [0.05, 0.1) is 18.1 Å². The largest absolute Gasteiger partial charge is 0.338 e. The van der Waals surface area contributed by atoms with Crippen molar-refractivity contribution in [2.24, 2.45) is 0 Å². The van der Waals surface area contributed by atoms with Crippen LogP contribution in [0.5, 0.6) is 0 Å². The van der Waals surface area contributed by atoms with Crippen molar-refractivity contribution in [1.29, 1.82) is 0 Å². The lowest BCUT2D eigenvalue weighted by Crippen LogP contribution is -2.57. The highest BCUT2D eigenvalue weighted by molar-refractivity contribution is 8.56. The van der Waals surface area contributed by atoms with E-state index in [9.17, 15) is 14.0 Å². The normalized spacial score (nSPS) is 19.0. The van der Waals surface area contributed by atoms with Crippen LogP contribution in [-0.4, -0.2) is 72.6 Å². The molecule has 1 aromatic carbocycles. The van der Waals surface area contributed by atoms with Gasteiger partial charge in [0.15, 0.2) is 0 Å². The molecule has 1 aromatic rings. The Morgan fingerprint density at radius 2 is 1.80 bits per heavy atom. The number of benzene rings is 1. The van der Waals surface area contributed by atoms with E-state index in [0.29, 0.717) is 42.9 Å². The van der Waals surface area contributed by atoms with Crippen LogP contribution in [0, 0.1) is 5.82 Å². The highest BCUT2D eigenvalue weighted by Gasteiger charge is 2.48. The van der Waals surface area contributed by atoms with Crippen LogP contribution in [0.2, 0.25) is 5.02 Å². The SMILES string of the molecule is C/C=C(\SC1=CC=CC=CC1)C1(NC(CC)C(=O)N2CCN(C(=O)CNSP(C)c3ccc(Cl)cc3F)CC2)CC1.CCC. The first-order valence-corrected chi connectivity index (χ1v) is 19.9. The molecule has 1 heterocycles. The molecular formula is C33H47ClFN4O2PS2. The summed E-state index contributed by atoms with van der Waals surface area (Å²) in [4.78, 5) is 32.6. The molecule has 2 atom stereocenters. The Balaban J connectivity index is 0.00000169. The smallest absolute Gasteiger partial charge is 0.239 e. The van der Waals surface area contributed by atoms with E-state index in [4.69, 9.17) is 11.6 Å². The maximum absolute atomic E-state index is 14.2. The van der Waals surface area contributed by atoms with E-state index in [1.54, 1.807) is 17.0 Å². The van der Waals surface area contributed by atoms with Crippen molar-refractivity contribution >= 4 is 59.2 Å². The minimum Gasteiger partial charge on any atom is -0.338 e.